The molecule has 3 heteroatoms. The summed E-state index contributed by atoms with van der Waals surface area (Å²) in [6.07, 6.45) is 2.34. The zero-order valence-electron chi connectivity index (χ0n) is 12.2. The van der Waals surface area contributed by atoms with Crippen LogP contribution in [-0.2, 0) is 13.0 Å². The summed E-state index contributed by atoms with van der Waals surface area (Å²) in [6, 6.07) is 15.4. The average Bonchev–Trinajstić information content (AvgIpc) is 2.88. The van der Waals surface area contributed by atoms with Gasteiger partial charge >= 0.3 is 0 Å². The summed E-state index contributed by atoms with van der Waals surface area (Å²) >= 11 is 3.55. The van der Waals surface area contributed by atoms with E-state index in [2.05, 4.69) is 57.6 Å². The minimum absolute atomic E-state index is 0.462. The third kappa shape index (κ3) is 3.47. The van der Waals surface area contributed by atoms with Crippen LogP contribution < -0.4 is 10.1 Å². The van der Waals surface area contributed by atoms with Crippen LogP contribution in [0.1, 0.15) is 36.1 Å². The average molecular weight is 346 g/mol. The topological polar surface area (TPSA) is 21.3 Å². The van der Waals surface area contributed by atoms with Gasteiger partial charge in [0, 0.05) is 17.1 Å². The van der Waals surface area contributed by atoms with Gasteiger partial charge in [0.25, 0.3) is 0 Å². The lowest BCUT2D eigenvalue weighted by Gasteiger charge is -2.15. The molecule has 0 bridgehead atoms. The first kappa shape index (κ1) is 14.6. The van der Waals surface area contributed by atoms with E-state index in [9.17, 15) is 0 Å². The normalized spacial score (nSPS) is 16.8. The number of fused-ring (bicyclic) bond motifs is 1. The number of hydrogen-bond acceptors (Lipinski definition) is 2. The van der Waals surface area contributed by atoms with Gasteiger partial charge in [-0.2, -0.15) is 0 Å². The van der Waals surface area contributed by atoms with Crippen molar-refractivity contribution >= 4 is 15.9 Å². The van der Waals surface area contributed by atoms with Crippen LogP contribution in [0, 0.1) is 0 Å². The molecular formula is C18H20BrNO. The third-order valence-electron chi connectivity index (χ3n) is 3.94. The van der Waals surface area contributed by atoms with E-state index in [0.717, 1.165) is 18.7 Å². The number of nitrogens with one attached hydrogen (secondary N) is 1. The molecule has 110 valence electrons. The smallest absolute Gasteiger partial charge is 0.119 e. The predicted molar refractivity (Wildman–Crippen MR) is 89.7 cm³/mol. The molecule has 0 heterocycles. The van der Waals surface area contributed by atoms with Gasteiger partial charge in [-0.3, -0.25) is 0 Å². The van der Waals surface area contributed by atoms with E-state index in [1.807, 2.05) is 13.0 Å². The summed E-state index contributed by atoms with van der Waals surface area (Å²) in [6.45, 7) is 3.60. The molecule has 1 atom stereocenters. The Hall–Kier alpha value is -1.32. The van der Waals surface area contributed by atoms with E-state index in [-0.39, 0.29) is 0 Å². The van der Waals surface area contributed by atoms with Crippen molar-refractivity contribution in [3.8, 4) is 5.75 Å². The predicted octanol–water partition coefficient (Wildman–Crippen LogP) is 4.62. The van der Waals surface area contributed by atoms with Gasteiger partial charge in [-0.1, -0.05) is 34.1 Å². The second-order valence-corrected chi connectivity index (χ2v) is 6.31. The van der Waals surface area contributed by atoms with Gasteiger partial charge < -0.3 is 10.1 Å². The maximum absolute atomic E-state index is 5.55. The SMILES string of the molecule is CCOc1cccc(CNC2CCc3cc(Br)ccc32)c1. The summed E-state index contributed by atoms with van der Waals surface area (Å²) in [5.41, 5.74) is 4.18. The van der Waals surface area contributed by atoms with E-state index in [4.69, 9.17) is 4.74 Å². The molecular weight excluding hydrogens is 326 g/mol. The molecule has 1 unspecified atom stereocenters. The number of rotatable bonds is 5. The van der Waals surface area contributed by atoms with Crippen molar-refractivity contribution < 1.29 is 4.74 Å². The fraction of sp³-hybridized carbons (Fsp3) is 0.333. The van der Waals surface area contributed by atoms with Gasteiger partial charge in [0.2, 0.25) is 0 Å². The number of aryl methyl sites for hydroxylation is 1. The standard InChI is InChI=1S/C18H20BrNO/c1-2-21-16-5-3-4-13(10-16)12-20-18-9-6-14-11-15(19)7-8-17(14)18/h3-5,7-8,10-11,18,20H,2,6,9,12H2,1H3. The van der Waals surface area contributed by atoms with Crippen molar-refractivity contribution in [1.82, 2.24) is 5.32 Å². The first-order chi connectivity index (χ1) is 10.3. The molecule has 0 saturated carbocycles. The largest absolute Gasteiger partial charge is 0.494 e. The van der Waals surface area contributed by atoms with Gasteiger partial charge in [0.05, 0.1) is 6.61 Å². The molecule has 0 spiro atoms. The third-order valence-corrected chi connectivity index (χ3v) is 4.44. The minimum Gasteiger partial charge on any atom is -0.494 e. The Morgan fingerprint density at radius 3 is 3.00 bits per heavy atom. The molecule has 0 fully saturated rings. The van der Waals surface area contributed by atoms with Gasteiger partial charge in [0.1, 0.15) is 5.75 Å². The van der Waals surface area contributed by atoms with Crippen LogP contribution in [0.5, 0.6) is 5.75 Å². The molecule has 0 amide bonds. The zero-order valence-corrected chi connectivity index (χ0v) is 13.8. The quantitative estimate of drug-likeness (QED) is 0.853. The van der Waals surface area contributed by atoms with Crippen molar-refractivity contribution in [2.75, 3.05) is 6.61 Å². The number of hydrogen-bond donors (Lipinski definition) is 1. The highest BCUT2D eigenvalue weighted by molar-refractivity contribution is 9.10. The van der Waals surface area contributed by atoms with Crippen molar-refractivity contribution in [1.29, 1.82) is 0 Å². The van der Waals surface area contributed by atoms with Crippen molar-refractivity contribution in [2.45, 2.75) is 32.4 Å². The summed E-state index contributed by atoms with van der Waals surface area (Å²) in [5, 5.41) is 3.67. The molecule has 3 rings (SSSR count). The van der Waals surface area contributed by atoms with Crippen LogP contribution in [0.3, 0.4) is 0 Å². The van der Waals surface area contributed by atoms with E-state index in [1.165, 1.54) is 27.6 Å². The lowest BCUT2D eigenvalue weighted by molar-refractivity contribution is 0.339. The van der Waals surface area contributed by atoms with E-state index in [0.29, 0.717) is 12.6 Å². The molecule has 21 heavy (non-hydrogen) atoms. The Morgan fingerprint density at radius 2 is 2.14 bits per heavy atom. The summed E-state index contributed by atoms with van der Waals surface area (Å²) in [7, 11) is 0. The van der Waals surface area contributed by atoms with Crippen LogP contribution in [0.2, 0.25) is 0 Å². The van der Waals surface area contributed by atoms with Crippen molar-refractivity contribution in [3.05, 3.63) is 63.6 Å². The monoisotopic (exact) mass is 345 g/mol. The second kappa shape index (κ2) is 6.63. The summed E-state index contributed by atoms with van der Waals surface area (Å²) < 4.78 is 6.73. The van der Waals surface area contributed by atoms with E-state index >= 15 is 0 Å². The Kier molecular flexibility index (Phi) is 4.61. The second-order valence-electron chi connectivity index (χ2n) is 5.40. The highest BCUT2D eigenvalue weighted by atomic mass is 79.9. The Labute approximate surface area is 134 Å². The van der Waals surface area contributed by atoms with Crippen LogP contribution in [0.25, 0.3) is 0 Å². The number of benzene rings is 2. The maximum atomic E-state index is 5.55. The molecule has 1 aliphatic rings. The fourth-order valence-corrected chi connectivity index (χ4v) is 3.36. The molecule has 0 aromatic heterocycles. The van der Waals surface area contributed by atoms with Crippen molar-refractivity contribution in [3.63, 3.8) is 0 Å². The fourth-order valence-electron chi connectivity index (χ4n) is 2.95. The van der Waals surface area contributed by atoms with Crippen molar-refractivity contribution in [2.24, 2.45) is 0 Å². The van der Waals surface area contributed by atoms with Gasteiger partial charge in [0.15, 0.2) is 0 Å². The number of halogens is 1. The first-order valence-electron chi connectivity index (χ1n) is 7.49. The van der Waals surface area contributed by atoms with Crippen LogP contribution in [0.4, 0.5) is 0 Å². The van der Waals surface area contributed by atoms with Crippen LogP contribution >= 0.6 is 15.9 Å². The van der Waals surface area contributed by atoms with Gasteiger partial charge in [-0.25, -0.2) is 0 Å². The van der Waals surface area contributed by atoms with Crippen LogP contribution in [-0.4, -0.2) is 6.61 Å². The maximum Gasteiger partial charge on any atom is 0.119 e. The molecule has 1 aliphatic carbocycles. The highest BCUT2D eigenvalue weighted by Gasteiger charge is 2.21. The van der Waals surface area contributed by atoms with Gasteiger partial charge in [-0.05, 0) is 60.7 Å². The Morgan fingerprint density at radius 1 is 1.24 bits per heavy atom. The van der Waals surface area contributed by atoms with Gasteiger partial charge in [-0.15, -0.1) is 0 Å². The molecule has 2 nitrogen and oxygen atoms in total. The lowest BCUT2D eigenvalue weighted by Crippen LogP contribution is -2.18. The minimum atomic E-state index is 0.462. The van der Waals surface area contributed by atoms with Crippen LogP contribution in [0.15, 0.2) is 46.9 Å². The molecule has 0 aliphatic heterocycles. The first-order valence-corrected chi connectivity index (χ1v) is 8.29. The summed E-state index contributed by atoms with van der Waals surface area (Å²) in [4.78, 5) is 0. The Bertz CT molecular complexity index is 626. The number of ether oxygens (including phenoxy) is 1. The summed E-state index contributed by atoms with van der Waals surface area (Å²) in [5.74, 6) is 0.951. The molecule has 0 saturated heterocycles. The molecule has 2 aromatic rings. The lowest BCUT2D eigenvalue weighted by atomic mass is 10.1. The van der Waals surface area contributed by atoms with E-state index < -0.39 is 0 Å². The molecule has 0 radical (unpaired) electrons. The Balaban J connectivity index is 1.65. The molecule has 1 N–H and O–H groups in total. The van der Waals surface area contributed by atoms with E-state index in [1.54, 1.807) is 0 Å². The molecule has 2 aromatic carbocycles. The zero-order chi connectivity index (χ0) is 14.7. The highest BCUT2D eigenvalue weighted by Crippen LogP contribution is 2.33.